The van der Waals surface area contributed by atoms with Crippen molar-refractivity contribution >= 4 is 36.1 Å². The van der Waals surface area contributed by atoms with Crippen molar-refractivity contribution in [2.75, 3.05) is 17.7 Å². The van der Waals surface area contributed by atoms with Crippen LogP contribution in [-0.2, 0) is 11.5 Å². The van der Waals surface area contributed by atoms with E-state index in [1.54, 1.807) is 21.3 Å². The van der Waals surface area contributed by atoms with Crippen molar-refractivity contribution < 1.29 is 9.84 Å². The van der Waals surface area contributed by atoms with Gasteiger partial charge >= 0.3 is 0 Å². The largest absolute Gasteiger partial charge is 0.508 e. The highest BCUT2D eigenvalue weighted by molar-refractivity contribution is 6.76. The minimum atomic E-state index is -1.26. The number of hydrogen-bond acceptors (Lipinski definition) is 8. The quantitative estimate of drug-likeness (QED) is 0.0964. The van der Waals surface area contributed by atoms with Crippen LogP contribution < -0.4 is 16.6 Å². The third kappa shape index (κ3) is 6.06. The summed E-state index contributed by atoms with van der Waals surface area (Å²) in [5.74, 6) is 1.12. The zero-order valence-electron chi connectivity index (χ0n) is 26.2. The number of hydrogen-bond donors (Lipinski definition) is 3. The lowest BCUT2D eigenvalue weighted by molar-refractivity contribution is 0.0899. The lowest BCUT2D eigenvalue weighted by Gasteiger charge is -2.20. The van der Waals surface area contributed by atoms with Gasteiger partial charge in [-0.1, -0.05) is 37.8 Å². The minimum Gasteiger partial charge on any atom is -0.508 e. The fraction of sp³-hybridized carbons (Fsp3) is 0.273. The first kappa shape index (κ1) is 30.1. The Hall–Kier alpha value is -4.94. The number of anilines is 2. The molecule has 12 heteroatoms. The molecule has 6 rings (SSSR count). The van der Waals surface area contributed by atoms with E-state index < -0.39 is 14.1 Å². The highest BCUT2D eigenvalue weighted by Gasteiger charge is 2.23. The second-order valence-corrected chi connectivity index (χ2v) is 18.2. The van der Waals surface area contributed by atoms with Crippen LogP contribution in [0, 0.1) is 6.92 Å². The lowest BCUT2D eigenvalue weighted by Crippen LogP contribution is -2.29. The SMILES string of the molecule is Cc1ccn2nc(C(C)Nc3ncnc4c3c(-c3cc(N)cc(O)c3)cn4COCC[Si](C)(C)C)n(-c3ccccc3)c(=O)c12. The van der Waals surface area contributed by atoms with E-state index >= 15 is 0 Å². The van der Waals surface area contributed by atoms with E-state index in [0.29, 0.717) is 53.1 Å². The molecule has 4 aromatic heterocycles. The van der Waals surface area contributed by atoms with Crippen LogP contribution in [0.2, 0.25) is 25.7 Å². The molecule has 0 aliphatic rings. The van der Waals surface area contributed by atoms with E-state index in [0.717, 1.165) is 22.6 Å². The monoisotopic (exact) mass is 622 g/mol. The molecule has 1 atom stereocenters. The molecule has 0 aliphatic carbocycles. The van der Waals surface area contributed by atoms with Crippen molar-refractivity contribution in [2.45, 2.75) is 52.3 Å². The molecule has 1 unspecified atom stereocenters. The minimum absolute atomic E-state index is 0.0587. The van der Waals surface area contributed by atoms with Crippen LogP contribution in [0.4, 0.5) is 11.5 Å². The normalized spacial score (nSPS) is 12.6. The number of rotatable bonds is 10. The number of aromatic nitrogens is 6. The Labute approximate surface area is 262 Å². The van der Waals surface area contributed by atoms with Crippen LogP contribution in [0.15, 0.2) is 78.1 Å². The molecule has 4 N–H and O–H groups in total. The Balaban J connectivity index is 1.46. The average Bonchev–Trinajstić information content (AvgIpc) is 3.56. The van der Waals surface area contributed by atoms with Gasteiger partial charge in [-0.2, -0.15) is 5.10 Å². The number of para-hydroxylation sites is 1. The van der Waals surface area contributed by atoms with E-state index in [2.05, 4.69) is 34.9 Å². The van der Waals surface area contributed by atoms with Gasteiger partial charge in [0.15, 0.2) is 5.82 Å². The van der Waals surface area contributed by atoms with Crippen LogP contribution in [-0.4, -0.2) is 48.5 Å². The topological polar surface area (TPSA) is 138 Å². The third-order valence-corrected chi connectivity index (χ3v) is 9.50. The van der Waals surface area contributed by atoms with E-state index in [1.807, 2.05) is 67.1 Å². The Morgan fingerprint density at radius 1 is 1.09 bits per heavy atom. The summed E-state index contributed by atoms with van der Waals surface area (Å²) in [6.45, 7) is 11.8. The molecule has 0 amide bonds. The van der Waals surface area contributed by atoms with Crippen molar-refractivity contribution in [3.63, 3.8) is 0 Å². The highest BCUT2D eigenvalue weighted by atomic mass is 28.3. The Kier molecular flexibility index (Phi) is 7.93. The van der Waals surface area contributed by atoms with Crippen molar-refractivity contribution in [1.29, 1.82) is 0 Å². The molecule has 4 heterocycles. The number of fused-ring (bicyclic) bond motifs is 2. The van der Waals surface area contributed by atoms with Crippen LogP contribution in [0.3, 0.4) is 0 Å². The third-order valence-electron chi connectivity index (χ3n) is 7.80. The molecule has 11 nitrogen and oxygen atoms in total. The van der Waals surface area contributed by atoms with E-state index in [9.17, 15) is 9.90 Å². The van der Waals surface area contributed by atoms with Gasteiger partial charge in [-0.3, -0.25) is 9.36 Å². The zero-order chi connectivity index (χ0) is 31.9. The lowest BCUT2D eigenvalue weighted by atomic mass is 10.0. The van der Waals surface area contributed by atoms with E-state index in [1.165, 1.54) is 12.4 Å². The number of aryl methyl sites for hydroxylation is 1. The van der Waals surface area contributed by atoms with E-state index in [4.69, 9.17) is 15.6 Å². The standard InChI is InChI=1S/C33H38N8O3Si/c1-21-11-12-40-29(21)33(43)41(25-9-7-6-8-10-25)31(38-40)22(2)37-30-28-27(23-15-24(34)17-26(42)16-23)18-39(32(28)36-19-35-30)20-44-13-14-45(3,4)5/h6-12,15-19,22,42H,13-14,20,34H2,1-5H3,(H,35,36,37). The molecule has 0 saturated heterocycles. The number of phenols is 1. The Morgan fingerprint density at radius 3 is 2.60 bits per heavy atom. The zero-order valence-corrected chi connectivity index (χ0v) is 27.2. The number of benzene rings is 2. The first-order chi connectivity index (χ1) is 21.5. The smallest absolute Gasteiger partial charge is 0.282 e. The van der Waals surface area contributed by atoms with E-state index in [-0.39, 0.29) is 11.3 Å². The molecule has 45 heavy (non-hydrogen) atoms. The maximum absolute atomic E-state index is 13.9. The summed E-state index contributed by atoms with van der Waals surface area (Å²) in [7, 11) is -1.26. The highest BCUT2D eigenvalue weighted by Crippen LogP contribution is 2.37. The Bertz CT molecular complexity index is 2040. The van der Waals surface area contributed by atoms with Gasteiger partial charge in [-0.05, 0) is 61.4 Å². The average molecular weight is 623 g/mol. The summed E-state index contributed by atoms with van der Waals surface area (Å²) in [5, 5.41) is 19.5. The summed E-state index contributed by atoms with van der Waals surface area (Å²) in [6.07, 6.45) is 5.25. The maximum atomic E-state index is 13.9. The van der Waals surface area contributed by atoms with Crippen LogP contribution in [0.1, 0.15) is 24.4 Å². The number of phenolic OH excluding ortho intramolecular Hbond substituents is 1. The Morgan fingerprint density at radius 2 is 1.87 bits per heavy atom. The van der Waals surface area contributed by atoms with Crippen molar-refractivity contribution in [2.24, 2.45) is 0 Å². The van der Waals surface area contributed by atoms with Gasteiger partial charge in [0.1, 0.15) is 35.8 Å². The summed E-state index contributed by atoms with van der Waals surface area (Å²) in [5.41, 5.74) is 10.7. The van der Waals surface area contributed by atoms with Crippen molar-refractivity contribution in [3.05, 3.63) is 95.1 Å². The number of aromatic hydroxyl groups is 1. The van der Waals surface area contributed by atoms with Crippen molar-refractivity contribution in [3.8, 4) is 22.6 Å². The number of nitrogen functional groups attached to an aromatic ring is 1. The molecule has 0 saturated carbocycles. The molecule has 0 spiro atoms. The van der Waals surface area contributed by atoms with Gasteiger partial charge in [-0.15, -0.1) is 0 Å². The van der Waals surface area contributed by atoms with Crippen LogP contribution in [0.5, 0.6) is 5.75 Å². The predicted molar refractivity (Wildman–Crippen MR) is 181 cm³/mol. The van der Waals surface area contributed by atoms with Gasteiger partial charge in [-0.25, -0.2) is 14.5 Å². The van der Waals surface area contributed by atoms with Gasteiger partial charge in [0.05, 0.1) is 17.1 Å². The number of nitrogens with two attached hydrogens (primary N) is 1. The fourth-order valence-corrected chi connectivity index (χ4v) is 6.25. The molecule has 0 aliphatic heterocycles. The van der Waals surface area contributed by atoms with Crippen LogP contribution >= 0.6 is 0 Å². The molecule has 0 radical (unpaired) electrons. The summed E-state index contributed by atoms with van der Waals surface area (Å²) in [4.78, 5) is 23.2. The second-order valence-electron chi connectivity index (χ2n) is 12.6. The number of nitrogens with one attached hydrogen (secondary N) is 1. The van der Waals surface area contributed by atoms with Gasteiger partial charge in [0.2, 0.25) is 0 Å². The number of nitrogens with zero attached hydrogens (tertiary/aromatic N) is 6. The summed E-state index contributed by atoms with van der Waals surface area (Å²) >= 11 is 0. The fourth-order valence-electron chi connectivity index (χ4n) is 5.49. The van der Waals surface area contributed by atoms with Gasteiger partial charge < -0.3 is 25.5 Å². The molecule has 2 aromatic carbocycles. The molecule has 0 fully saturated rings. The number of ether oxygens (including phenoxy) is 1. The summed E-state index contributed by atoms with van der Waals surface area (Å²) in [6, 6.07) is 16.9. The summed E-state index contributed by atoms with van der Waals surface area (Å²) < 4.78 is 11.3. The van der Waals surface area contributed by atoms with Crippen LogP contribution in [0.25, 0.3) is 33.4 Å². The maximum Gasteiger partial charge on any atom is 0.282 e. The van der Waals surface area contributed by atoms with Crippen molar-refractivity contribution in [1.82, 2.24) is 28.7 Å². The molecule has 6 aromatic rings. The first-order valence-electron chi connectivity index (χ1n) is 14.9. The predicted octanol–water partition coefficient (Wildman–Crippen LogP) is 5.98. The van der Waals surface area contributed by atoms with Gasteiger partial charge in [0.25, 0.3) is 5.56 Å². The second kappa shape index (κ2) is 11.9. The molecular formula is C33H38N8O3Si. The molecule has 232 valence electrons. The molecule has 0 bridgehead atoms. The molecular weight excluding hydrogens is 585 g/mol. The van der Waals surface area contributed by atoms with Gasteiger partial charge in [0, 0.05) is 44.4 Å². The first-order valence-corrected chi connectivity index (χ1v) is 18.7.